The highest BCUT2D eigenvalue weighted by atomic mass is 16.5. The Balaban J connectivity index is 1.63. The summed E-state index contributed by atoms with van der Waals surface area (Å²) in [7, 11) is 0. The van der Waals surface area contributed by atoms with E-state index in [4.69, 9.17) is 4.74 Å². The molecular weight excluding hydrogens is 224 g/mol. The van der Waals surface area contributed by atoms with Gasteiger partial charge >= 0.3 is 0 Å². The zero-order chi connectivity index (χ0) is 12.4. The highest BCUT2D eigenvalue weighted by Crippen LogP contribution is 2.45. The van der Waals surface area contributed by atoms with Gasteiger partial charge in [-0.25, -0.2) is 0 Å². The molecule has 0 bridgehead atoms. The lowest BCUT2D eigenvalue weighted by Gasteiger charge is -2.10. The van der Waals surface area contributed by atoms with E-state index in [0.29, 0.717) is 6.61 Å². The fourth-order valence-corrected chi connectivity index (χ4v) is 2.01. The molecule has 0 aliphatic heterocycles. The second-order valence-corrected chi connectivity index (χ2v) is 4.83. The van der Waals surface area contributed by atoms with Gasteiger partial charge in [-0.15, -0.1) is 0 Å². The molecule has 3 rings (SSSR count). The minimum Gasteiger partial charge on any atom is -0.489 e. The maximum absolute atomic E-state index is 9.96. The van der Waals surface area contributed by atoms with Crippen LogP contribution in [0, 0.1) is 0 Å². The van der Waals surface area contributed by atoms with Crippen molar-refractivity contribution in [2.75, 3.05) is 0 Å². The predicted molar refractivity (Wildman–Crippen MR) is 70.3 cm³/mol. The van der Waals surface area contributed by atoms with Crippen LogP contribution in [0.25, 0.3) is 0 Å². The van der Waals surface area contributed by atoms with Crippen molar-refractivity contribution < 1.29 is 9.84 Å². The van der Waals surface area contributed by atoms with Crippen LogP contribution in [0.15, 0.2) is 54.6 Å². The maximum atomic E-state index is 9.96. The van der Waals surface area contributed by atoms with Crippen molar-refractivity contribution >= 4 is 0 Å². The van der Waals surface area contributed by atoms with Gasteiger partial charge in [0.1, 0.15) is 12.4 Å². The summed E-state index contributed by atoms with van der Waals surface area (Å²) in [6, 6.07) is 17.8. The van der Waals surface area contributed by atoms with Crippen LogP contribution in [-0.2, 0) is 12.2 Å². The van der Waals surface area contributed by atoms with Gasteiger partial charge in [0.25, 0.3) is 0 Å². The lowest BCUT2D eigenvalue weighted by Crippen LogP contribution is -2.03. The summed E-state index contributed by atoms with van der Waals surface area (Å²) >= 11 is 0. The number of hydrogen-bond donors (Lipinski definition) is 1. The summed E-state index contributed by atoms with van der Waals surface area (Å²) in [6.07, 6.45) is 1.74. The molecule has 0 amide bonds. The van der Waals surface area contributed by atoms with E-state index in [-0.39, 0.29) is 0 Å². The fourth-order valence-electron chi connectivity index (χ4n) is 2.01. The van der Waals surface area contributed by atoms with E-state index in [9.17, 15) is 5.11 Å². The molecule has 0 spiro atoms. The van der Waals surface area contributed by atoms with Crippen LogP contribution in [0.1, 0.15) is 24.0 Å². The Hall–Kier alpha value is -1.80. The molecule has 18 heavy (non-hydrogen) atoms. The average molecular weight is 240 g/mol. The third-order valence-electron chi connectivity index (χ3n) is 3.36. The van der Waals surface area contributed by atoms with E-state index in [0.717, 1.165) is 29.7 Å². The van der Waals surface area contributed by atoms with Crippen LogP contribution in [0.2, 0.25) is 0 Å². The SMILES string of the molecule is OC1(c2ccc(OCc3ccccc3)cc2)CC1. The summed E-state index contributed by atoms with van der Waals surface area (Å²) in [5.41, 5.74) is 1.59. The van der Waals surface area contributed by atoms with E-state index >= 15 is 0 Å². The van der Waals surface area contributed by atoms with Gasteiger partial charge in [-0.3, -0.25) is 0 Å². The van der Waals surface area contributed by atoms with Crippen molar-refractivity contribution in [1.29, 1.82) is 0 Å². The molecule has 0 radical (unpaired) electrons. The van der Waals surface area contributed by atoms with Gasteiger partial charge in [-0.05, 0) is 36.1 Å². The number of rotatable bonds is 4. The molecule has 92 valence electrons. The second-order valence-electron chi connectivity index (χ2n) is 4.83. The maximum Gasteiger partial charge on any atom is 0.119 e. The third-order valence-corrected chi connectivity index (χ3v) is 3.36. The number of ether oxygens (including phenoxy) is 1. The second kappa shape index (κ2) is 4.46. The minimum atomic E-state index is -0.558. The lowest BCUT2D eigenvalue weighted by molar-refractivity contribution is 0.151. The summed E-state index contributed by atoms with van der Waals surface area (Å²) in [5, 5.41) is 9.96. The topological polar surface area (TPSA) is 29.5 Å². The Morgan fingerprint density at radius 1 is 0.944 bits per heavy atom. The van der Waals surface area contributed by atoms with E-state index in [2.05, 4.69) is 0 Å². The van der Waals surface area contributed by atoms with Gasteiger partial charge in [0.2, 0.25) is 0 Å². The molecule has 2 aromatic carbocycles. The zero-order valence-electron chi connectivity index (χ0n) is 10.2. The van der Waals surface area contributed by atoms with Crippen molar-refractivity contribution in [2.45, 2.75) is 25.0 Å². The van der Waals surface area contributed by atoms with Crippen molar-refractivity contribution in [3.63, 3.8) is 0 Å². The van der Waals surface area contributed by atoms with Crippen LogP contribution in [-0.4, -0.2) is 5.11 Å². The third kappa shape index (κ3) is 2.39. The van der Waals surface area contributed by atoms with Gasteiger partial charge in [0, 0.05) is 0 Å². The molecular formula is C16H16O2. The van der Waals surface area contributed by atoms with Crippen molar-refractivity contribution in [1.82, 2.24) is 0 Å². The quantitative estimate of drug-likeness (QED) is 0.889. The van der Waals surface area contributed by atoms with Gasteiger partial charge in [-0.1, -0.05) is 42.5 Å². The van der Waals surface area contributed by atoms with Crippen LogP contribution in [0.5, 0.6) is 5.75 Å². The first-order chi connectivity index (χ1) is 8.76. The molecule has 1 saturated carbocycles. The first kappa shape index (κ1) is 11.3. The van der Waals surface area contributed by atoms with Crippen molar-refractivity contribution in [3.05, 3.63) is 65.7 Å². The monoisotopic (exact) mass is 240 g/mol. The summed E-state index contributed by atoms with van der Waals surface area (Å²) in [6.45, 7) is 0.574. The molecule has 0 atom stereocenters. The Morgan fingerprint density at radius 2 is 1.61 bits per heavy atom. The molecule has 0 unspecified atom stereocenters. The molecule has 2 nitrogen and oxygen atoms in total. The Morgan fingerprint density at radius 3 is 2.22 bits per heavy atom. The fraction of sp³-hybridized carbons (Fsp3) is 0.250. The van der Waals surface area contributed by atoms with Gasteiger partial charge in [0.15, 0.2) is 0 Å². The van der Waals surface area contributed by atoms with Gasteiger partial charge in [0.05, 0.1) is 5.60 Å². The predicted octanol–water partition coefficient (Wildman–Crippen LogP) is 3.25. The molecule has 0 aromatic heterocycles. The molecule has 2 heteroatoms. The van der Waals surface area contributed by atoms with Crippen LogP contribution in [0.3, 0.4) is 0 Å². The van der Waals surface area contributed by atoms with E-state index in [1.54, 1.807) is 0 Å². The molecule has 0 heterocycles. The summed E-state index contributed by atoms with van der Waals surface area (Å²) in [4.78, 5) is 0. The molecule has 1 aliphatic carbocycles. The highest BCUT2D eigenvalue weighted by molar-refractivity contribution is 5.33. The van der Waals surface area contributed by atoms with E-state index < -0.39 is 5.60 Å². The Kier molecular flexibility index (Phi) is 2.80. The standard InChI is InChI=1S/C16H16O2/c17-16(10-11-16)14-6-8-15(9-7-14)18-12-13-4-2-1-3-5-13/h1-9,17H,10-12H2. The molecule has 1 fully saturated rings. The summed E-state index contributed by atoms with van der Waals surface area (Å²) < 4.78 is 5.70. The van der Waals surface area contributed by atoms with Crippen LogP contribution in [0.4, 0.5) is 0 Å². The molecule has 1 N–H and O–H groups in total. The van der Waals surface area contributed by atoms with Gasteiger partial charge in [-0.2, -0.15) is 0 Å². The first-order valence-corrected chi connectivity index (χ1v) is 6.26. The number of hydrogen-bond acceptors (Lipinski definition) is 2. The van der Waals surface area contributed by atoms with Crippen LogP contribution >= 0.6 is 0 Å². The molecule has 1 aliphatic rings. The number of benzene rings is 2. The first-order valence-electron chi connectivity index (χ1n) is 6.26. The summed E-state index contributed by atoms with van der Waals surface area (Å²) in [5.74, 6) is 0.840. The largest absolute Gasteiger partial charge is 0.489 e. The average Bonchev–Trinajstić information content (AvgIpc) is 3.17. The number of aliphatic hydroxyl groups is 1. The van der Waals surface area contributed by atoms with Crippen molar-refractivity contribution in [3.8, 4) is 5.75 Å². The molecule has 2 aromatic rings. The normalized spacial score (nSPS) is 16.3. The van der Waals surface area contributed by atoms with E-state index in [1.165, 1.54) is 0 Å². The highest BCUT2D eigenvalue weighted by Gasteiger charge is 2.41. The van der Waals surface area contributed by atoms with Crippen LogP contribution < -0.4 is 4.74 Å². The molecule has 0 saturated heterocycles. The Labute approximate surface area is 107 Å². The zero-order valence-corrected chi connectivity index (χ0v) is 10.2. The minimum absolute atomic E-state index is 0.558. The van der Waals surface area contributed by atoms with Gasteiger partial charge < -0.3 is 9.84 Å². The smallest absolute Gasteiger partial charge is 0.119 e. The lowest BCUT2D eigenvalue weighted by atomic mass is 10.1. The Bertz CT molecular complexity index is 513. The van der Waals surface area contributed by atoms with E-state index in [1.807, 2.05) is 54.6 Å². The van der Waals surface area contributed by atoms with Crippen molar-refractivity contribution in [2.24, 2.45) is 0 Å².